The second-order valence-electron chi connectivity index (χ2n) is 8.98. The number of piperazine rings is 1. The number of para-hydroxylation sites is 1. The second kappa shape index (κ2) is 10.9. The average molecular weight is 438 g/mol. The molecule has 1 heterocycles. The third-order valence-corrected chi connectivity index (χ3v) is 6.66. The molecule has 2 atom stereocenters. The first-order valence-electron chi connectivity index (χ1n) is 12.1. The van der Waals surface area contributed by atoms with Gasteiger partial charge in [0, 0.05) is 43.8 Å². The molecule has 0 unspecified atom stereocenters. The first kappa shape index (κ1) is 24.1. The van der Waals surface area contributed by atoms with Gasteiger partial charge >= 0.3 is 0 Å². The molecule has 174 valence electrons. The fourth-order valence-electron chi connectivity index (χ4n) is 4.84. The van der Waals surface area contributed by atoms with Crippen LogP contribution in [0.1, 0.15) is 62.5 Å². The minimum Gasteiger partial charge on any atom is -0.506 e. The summed E-state index contributed by atoms with van der Waals surface area (Å²) in [5, 5.41) is 10.8. The number of aromatic hydroxyl groups is 1. The van der Waals surface area contributed by atoms with Crippen LogP contribution in [0.4, 0.5) is 5.69 Å². The first-order valence-corrected chi connectivity index (χ1v) is 12.1. The smallest absolute Gasteiger partial charge is 0.253 e. The molecule has 1 N–H and O–H groups in total. The van der Waals surface area contributed by atoms with Gasteiger partial charge in [-0.2, -0.15) is 0 Å². The van der Waals surface area contributed by atoms with Crippen molar-refractivity contribution in [3.8, 4) is 5.75 Å². The summed E-state index contributed by atoms with van der Waals surface area (Å²) in [6.45, 7) is 15.2. The standard InChI is InChI=1S/C27H39N3O2/c1-6-16-29-18-21(5)30(19-20(29)4)26-24(10-9-11-25(26)31)17-22-12-14-23(15-13-22)27(32)28(7-2)8-3/h9-15,20-21,31H,6-8,16-19H2,1-5H3/t20-,21-/m1/s1. The average Bonchev–Trinajstić information content (AvgIpc) is 2.78. The minimum atomic E-state index is 0.0763. The van der Waals surface area contributed by atoms with Crippen LogP contribution in [-0.4, -0.2) is 65.6 Å². The molecule has 0 saturated carbocycles. The van der Waals surface area contributed by atoms with Crippen molar-refractivity contribution >= 4 is 11.6 Å². The van der Waals surface area contributed by atoms with Crippen LogP contribution in [-0.2, 0) is 6.42 Å². The van der Waals surface area contributed by atoms with Gasteiger partial charge in [0.15, 0.2) is 0 Å². The fourth-order valence-corrected chi connectivity index (χ4v) is 4.84. The van der Waals surface area contributed by atoms with Gasteiger partial charge in [0.25, 0.3) is 5.91 Å². The van der Waals surface area contributed by atoms with E-state index in [0.29, 0.717) is 30.9 Å². The van der Waals surface area contributed by atoms with Gasteiger partial charge in [-0.1, -0.05) is 31.2 Å². The Labute approximate surface area is 193 Å². The molecule has 1 aliphatic rings. The Balaban J connectivity index is 1.82. The van der Waals surface area contributed by atoms with Crippen LogP contribution in [0.15, 0.2) is 42.5 Å². The quantitative estimate of drug-likeness (QED) is 0.646. The Bertz CT molecular complexity index is 892. The Hall–Kier alpha value is -2.53. The Morgan fingerprint density at radius 3 is 2.31 bits per heavy atom. The molecule has 32 heavy (non-hydrogen) atoms. The Morgan fingerprint density at radius 1 is 1.00 bits per heavy atom. The van der Waals surface area contributed by atoms with Crippen molar-refractivity contribution in [3.63, 3.8) is 0 Å². The van der Waals surface area contributed by atoms with Gasteiger partial charge < -0.3 is 14.9 Å². The summed E-state index contributed by atoms with van der Waals surface area (Å²) in [6.07, 6.45) is 1.88. The summed E-state index contributed by atoms with van der Waals surface area (Å²) in [6, 6.07) is 14.5. The van der Waals surface area contributed by atoms with Gasteiger partial charge in [-0.3, -0.25) is 9.69 Å². The summed E-state index contributed by atoms with van der Waals surface area (Å²) < 4.78 is 0. The fraction of sp³-hybridized carbons (Fsp3) is 0.519. The van der Waals surface area contributed by atoms with E-state index < -0.39 is 0 Å². The van der Waals surface area contributed by atoms with Crippen molar-refractivity contribution < 1.29 is 9.90 Å². The zero-order chi connectivity index (χ0) is 23.3. The molecule has 0 bridgehead atoms. The van der Waals surface area contributed by atoms with Crippen LogP contribution in [0.5, 0.6) is 5.75 Å². The first-order chi connectivity index (χ1) is 15.4. The van der Waals surface area contributed by atoms with Crippen LogP contribution in [0.3, 0.4) is 0 Å². The van der Waals surface area contributed by atoms with Crippen LogP contribution in [0.25, 0.3) is 0 Å². The predicted molar refractivity (Wildman–Crippen MR) is 133 cm³/mol. The van der Waals surface area contributed by atoms with Crippen LogP contribution in [0.2, 0.25) is 0 Å². The van der Waals surface area contributed by atoms with Gasteiger partial charge in [-0.25, -0.2) is 0 Å². The molecule has 0 radical (unpaired) electrons. The lowest BCUT2D eigenvalue weighted by Gasteiger charge is -2.46. The number of anilines is 1. The van der Waals surface area contributed by atoms with Gasteiger partial charge in [-0.05, 0) is 76.4 Å². The van der Waals surface area contributed by atoms with Gasteiger partial charge in [0.1, 0.15) is 5.75 Å². The molecule has 1 saturated heterocycles. The van der Waals surface area contributed by atoms with Crippen LogP contribution >= 0.6 is 0 Å². The number of rotatable bonds is 8. The van der Waals surface area contributed by atoms with E-state index in [2.05, 4.69) is 36.6 Å². The molecule has 5 heteroatoms. The molecule has 0 aromatic heterocycles. The molecule has 2 aromatic rings. The summed E-state index contributed by atoms with van der Waals surface area (Å²) in [7, 11) is 0. The molecular weight excluding hydrogens is 398 g/mol. The molecule has 0 spiro atoms. The molecule has 5 nitrogen and oxygen atoms in total. The maximum Gasteiger partial charge on any atom is 0.253 e. The van der Waals surface area contributed by atoms with Gasteiger partial charge in [0.05, 0.1) is 5.69 Å². The van der Waals surface area contributed by atoms with Crippen molar-refractivity contribution in [2.24, 2.45) is 0 Å². The molecule has 1 amide bonds. The van der Waals surface area contributed by atoms with Gasteiger partial charge in [0.2, 0.25) is 0 Å². The minimum absolute atomic E-state index is 0.0763. The van der Waals surface area contributed by atoms with E-state index in [0.717, 1.165) is 54.9 Å². The van der Waals surface area contributed by atoms with E-state index in [4.69, 9.17) is 0 Å². The predicted octanol–water partition coefficient (Wildman–Crippen LogP) is 4.77. The third-order valence-electron chi connectivity index (χ3n) is 6.66. The Kier molecular flexibility index (Phi) is 8.19. The zero-order valence-electron chi connectivity index (χ0n) is 20.3. The lowest BCUT2D eigenvalue weighted by Crippen LogP contribution is -2.56. The summed E-state index contributed by atoms with van der Waals surface area (Å²) in [5.41, 5.74) is 3.93. The number of carbonyl (C=O) groups excluding carboxylic acids is 1. The van der Waals surface area contributed by atoms with Crippen LogP contribution in [0, 0.1) is 0 Å². The topological polar surface area (TPSA) is 47.0 Å². The van der Waals surface area contributed by atoms with Crippen molar-refractivity contribution in [1.29, 1.82) is 0 Å². The number of phenolic OH excluding ortho intramolecular Hbond substituents is 1. The third kappa shape index (κ3) is 5.26. The van der Waals surface area contributed by atoms with E-state index in [1.54, 1.807) is 6.07 Å². The highest BCUT2D eigenvalue weighted by Gasteiger charge is 2.31. The number of nitrogens with zero attached hydrogens (tertiary/aromatic N) is 3. The Morgan fingerprint density at radius 2 is 1.69 bits per heavy atom. The monoisotopic (exact) mass is 437 g/mol. The zero-order valence-corrected chi connectivity index (χ0v) is 20.3. The molecule has 0 aliphatic carbocycles. The van der Waals surface area contributed by atoms with Crippen molar-refractivity contribution in [3.05, 3.63) is 59.2 Å². The highest BCUT2D eigenvalue weighted by Crippen LogP contribution is 2.36. The lowest BCUT2D eigenvalue weighted by atomic mass is 9.98. The van der Waals surface area contributed by atoms with E-state index in [-0.39, 0.29) is 5.91 Å². The highest BCUT2D eigenvalue weighted by molar-refractivity contribution is 5.94. The second-order valence-corrected chi connectivity index (χ2v) is 8.98. The molecular formula is C27H39N3O2. The lowest BCUT2D eigenvalue weighted by molar-refractivity contribution is 0.0773. The van der Waals surface area contributed by atoms with E-state index >= 15 is 0 Å². The molecule has 2 aromatic carbocycles. The van der Waals surface area contributed by atoms with Crippen molar-refractivity contribution in [2.45, 2.75) is 59.5 Å². The molecule has 1 fully saturated rings. The van der Waals surface area contributed by atoms with E-state index in [1.807, 2.05) is 49.1 Å². The van der Waals surface area contributed by atoms with Gasteiger partial charge in [-0.15, -0.1) is 0 Å². The summed E-state index contributed by atoms with van der Waals surface area (Å²) >= 11 is 0. The van der Waals surface area contributed by atoms with Crippen molar-refractivity contribution in [1.82, 2.24) is 9.80 Å². The number of hydrogen-bond donors (Lipinski definition) is 1. The van der Waals surface area contributed by atoms with E-state index in [1.165, 1.54) is 0 Å². The van der Waals surface area contributed by atoms with Crippen LogP contribution < -0.4 is 4.90 Å². The maximum atomic E-state index is 12.6. The molecule has 3 rings (SSSR count). The largest absolute Gasteiger partial charge is 0.506 e. The normalized spacial score (nSPS) is 19.2. The summed E-state index contributed by atoms with van der Waals surface area (Å²) in [4.78, 5) is 19.4. The summed E-state index contributed by atoms with van der Waals surface area (Å²) in [5.74, 6) is 0.422. The molecule has 1 aliphatic heterocycles. The number of amides is 1. The SMILES string of the molecule is CCCN1C[C@@H](C)N(c2c(O)cccc2Cc2ccc(C(=O)N(CC)CC)cc2)C[C@H]1C. The van der Waals surface area contributed by atoms with Crippen molar-refractivity contribution in [2.75, 3.05) is 37.6 Å². The maximum absolute atomic E-state index is 12.6. The highest BCUT2D eigenvalue weighted by atomic mass is 16.3. The number of phenols is 1. The number of benzene rings is 2. The van der Waals surface area contributed by atoms with E-state index in [9.17, 15) is 9.90 Å². The number of hydrogen-bond acceptors (Lipinski definition) is 4. The number of carbonyl (C=O) groups is 1.